The van der Waals surface area contributed by atoms with Gasteiger partial charge >= 0.3 is 0 Å². The zero-order valence-electron chi connectivity index (χ0n) is 19.1. The predicted molar refractivity (Wildman–Crippen MR) is 135 cm³/mol. The third-order valence-corrected chi connectivity index (χ3v) is 7.10. The van der Waals surface area contributed by atoms with Crippen molar-refractivity contribution in [3.8, 4) is 0 Å². The maximum atomic E-state index is 6.16. The lowest BCUT2D eigenvalue weighted by molar-refractivity contribution is -0.0502. The second-order valence-electron chi connectivity index (χ2n) is 8.97. The molecule has 1 N–H and O–H groups in total. The van der Waals surface area contributed by atoms with E-state index in [0.717, 1.165) is 71.3 Å². The second-order valence-corrected chi connectivity index (χ2v) is 8.97. The van der Waals surface area contributed by atoms with E-state index < -0.39 is 0 Å². The van der Waals surface area contributed by atoms with Gasteiger partial charge in [0.05, 0.1) is 18.8 Å². The van der Waals surface area contributed by atoms with Crippen LogP contribution in [0.3, 0.4) is 0 Å². The summed E-state index contributed by atoms with van der Waals surface area (Å²) in [6.45, 7) is 7.16. The minimum Gasteiger partial charge on any atom is -0.381 e. The second kappa shape index (κ2) is 11.3. The number of hydrogen-bond acceptors (Lipinski definition) is 5. The van der Waals surface area contributed by atoms with Crippen molar-refractivity contribution in [3.63, 3.8) is 0 Å². The van der Waals surface area contributed by atoms with Gasteiger partial charge in [-0.3, -0.25) is 9.89 Å². The topological polar surface area (TPSA) is 52.6 Å². The van der Waals surface area contributed by atoms with E-state index in [1.54, 1.807) is 0 Å². The molecule has 3 heterocycles. The van der Waals surface area contributed by atoms with Crippen LogP contribution in [0.25, 0.3) is 0 Å². The molecule has 3 saturated heterocycles. The van der Waals surface area contributed by atoms with Gasteiger partial charge in [0, 0.05) is 58.5 Å². The molecule has 31 heavy (non-hydrogen) atoms. The highest BCUT2D eigenvalue weighted by atomic mass is 127. The average molecular weight is 543 g/mol. The van der Waals surface area contributed by atoms with Gasteiger partial charge in [-0.15, -0.1) is 24.0 Å². The van der Waals surface area contributed by atoms with Crippen molar-refractivity contribution >= 4 is 29.9 Å². The zero-order valence-corrected chi connectivity index (χ0v) is 21.5. The molecular weight excluding hydrogens is 505 g/mol. The SMILES string of the molecule is CN=C(NCC1(N(C)C)CCOCC1)N1CC2OCCN(Cc3ccccc3)C2C1.I. The largest absolute Gasteiger partial charge is 0.381 e. The fourth-order valence-electron chi connectivity index (χ4n) is 5.05. The first-order valence-corrected chi connectivity index (χ1v) is 11.2. The number of likely N-dealkylation sites (tertiary alicyclic amines) is 1. The summed E-state index contributed by atoms with van der Waals surface area (Å²) in [5, 5.41) is 3.68. The molecule has 4 rings (SSSR count). The minimum absolute atomic E-state index is 0. The first-order valence-electron chi connectivity index (χ1n) is 11.2. The summed E-state index contributed by atoms with van der Waals surface area (Å²) in [6.07, 6.45) is 2.33. The highest BCUT2D eigenvalue weighted by Crippen LogP contribution is 2.27. The van der Waals surface area contributed by atoms with Crippen LogP contribution in [0.4, 0.5) is 0 Å². The molecule has 0 aromatic heterocycles. The smallest absolute Gasteiger partial charge is 0.193 e. The van der Waals surface area contributed by atoms with Crippen molar-refractivity contribution in [2.24, 2.45) is 4.99 Å². The molecule has 174 valence electrons. The van der Waals surface area contributed by atoms with Crippen molar-refractivity contribution < 1.29 is 9.47 Å². The fraction of sp³-hybridized carbons (Fsp3) is 0.696. The lowest BCUT2D eigenvalue weighted by atomic mass is 9.88. The van der Waals surface area contributed by atoms with Crippen molar-refractivity contribution in [3.05, 3.63) is 35.9 Å². The summed E-state index contributed by atoms with van der Waals surface area (Å²) in [5.74, 6) is 0.986. The van der Waals surface area contributed by atoms with Crippen LogP contribution in [0.5, 0.6) is 0 Å². The van der Waals surface area contributed by atoms with E-state index in [0.29, 0.717) is 6.04 Å². The monoisotopic (exact) mass is 543 g/mol. The Labute approximate surface area is 204 Å². The third-order valence-electron chi connectivity index (χ3n) is 7.10. The molecule has 3 fully saturated rings. The lowest BCUT2D eigenvalue weighted by Crippen LogP contribution is -2.57. The van der Waals surface area contributed by atoms with Crippen LogP contribution in [-0.4, -0.2) is 105 Å². The van der Waals surface area contributed by atoms with E-state index in [9.17, 15) is 0 Å². The van der Waals surface area contributed by atoms with Crippen molar-refractivity contribution in [1.82, 2.24) is 20.0 Å². The zero-order chi connectivity index (χ0) is 21.0. The first kappa shape index (κ1) is 24.7. The number of aliphatic imine (C=N–C) groups is 1. The standard InChI is InChI=1S/C23H37N5O2.HI/c1-24-22(25-18-23(26(2)3)9-12-29-13-10-23)28-16-20-21(17-28)30-14-11-27(20)15-19-7-5-4-6-8-19;/h4-8,20-21H,9-18H2,1-3H3,(H,24,25);1H. The van der Waals surface area contributed by atoms with Crippen LogP contribution in [0.15, 0.2) is 35.3 Å². The summed E-state index contributed by atoms with van der Waals surface area (Å²) in [7, 11) is 6.24. The molecule has 2 atom stereocenters. The molecule has 3 aliphatic heterocycles. The van der Waals surface area contributed by atoms with Crippen LogP contribution in [0.1, 0.15) is 18.4 Å². The summed E-state index contributed by atoms with van der Waals surface area (Å²) >= 11 is 0. The fourth-order valence-corrected chi connectivity index (χ4v) is 5.05. The number of fused-ring (bicyclic) bond motifs is 1. The molecule has 0 spiro atoms. The number of nitrogens with zero attached hydrogens (tertiary/aromatic N) is 4. The van der Waals surface area contributed by atoms with Gasteiger partial charge in [0.1, 0.15) is 0 Å². The number of rotatable bonds is 5. The normalized spacial score (nSPS) is 26.5. The summed E-state index contributed by atoms with van der Waals surface area (Å²) in [5.41, 5.74) is 1.49. The highest BCUT2D eigenvalue weighted by Gasteiger charge is 2.42. The Morgan fingerprint density at radius 2 is 1.90 bits per heavy atom. The van der Waals surface area contributed by atoms with E-state index in [1.807, 2.05) is 7.05 Å². The highest BCUT2D eigenvalue weighted by molar-refractivity contribution is 14.0. The van der Waals surface area contributed by atoms with Crippen molar-refractivity contribution in [2.45, 2.75) is 37.1 Å². The summed E-state index contributed by atoms with van der Waals surface area (Å²) < 4.78 is 11.8. The first-order chi connectivity index (χ1) is 14.6. The molecule has 8 heteroatoms. The maximum absolute atomic E-state index is 6.16. The van der Waals surface area contributed by atoms with Gasteiger partial charge in [-0.1, -0.05) is 30.3 Å². The molecule has 1 aromatic carbocycles. The molecule has 2 unspecified atom stereocenters. The Morgan fingerprint density at radius 3 is 2.58 bits per heavy atom. The molecule has 0 bridgehead atoms. The number of nitrogens with one attached hydrogen (secondary N) is 1. The molecule has 3 aliphatic rings. The Balaban J connectivity index is 0.00000272. The van der Waals surface area contributed by atoms with E-state index >= 15 is 0 Å². The summed E-state index contributed by atoms with van der Waals surface area (Å²) in [6, 6.07) is 11.2. The van der Waals surface area contributed by atoms with Gasteiger partial charge in [0.15, 0.2) is 5.96 Å². The number of guanidine groups is 1. The van der Waals surface area contributed by atoms with E-state index in [1.165, 1.54) is 5.56 Å². The number of benzene rings is 1. The van der Waals surface area contributed by atoms with Gasteiger partial charge in [0.2, 0.25) is 0 Å². The van der Waals surface area contributed by atoms with Crippen LogP contribution >= 0.6 is 24.0 Å². The average Bonchev–Trinajstić information content (AvgIpc) is 3.21. The molecular formula is C23H38IN5O2. The van der Waals surface area contributed by atoms with E-state index in [2.05, 4.69) is 69.4 Å². The third kappa shape index (κ3) is 5.71. The molecule has 0 saturated carbocycles. The Morgan fingerprint density at radius 1 is 1.16 bits per heavy atom. The molecule has 0 aliphatic carbocycles. The molecule has 0 amide bonds. The van der Waals surface area contributed by atoms with Crippen LogP contribution in [0, 0.1) is 0 Å². The lowest BCUT2D eigenvalue weighted by Gasteiger charge is -2.43. The number of ether oxygens (including phenoxy) is 2. The molecule has 1 aromatic rings. The maximum Gasteiger partial charge on any atom is 0.193 e. The van der Waals surface area contributed by atoms with E-state index in [-0.39, 0.29) is 35.6 Å². The van der Waals surface area contributed by atoms with E-state index in [4.69, 9.17) is 9.47 Å². The molecule has 7 nitrogen and oxygen atoms in total. The summed E-state index contributed by atoms with van der Waals surface area (Å²) in [4.78, 5) is 11.9. The van der Waals surface area contributed by atoms with Gasteiger partial charge in [0.25, 0.3) is 0 Å². The minimum atomic E-state index is 0. The Bertz CT molecular complexity index is 711. The quantitative estimate of drug-likeness (QED) is 0.348. The van der Waals surface area contributed by atoms with Crippen LogP contribution in [-0.2, 0) is 16.0 Å². The van der Waals surface area contributed by atoms with Gasteiger partial charge in [-0.05, 0) is 32.5 Å². The van der Waals surface area contributed by atoms with Gasteiger partial charge in [-0.25, -0.2) is 0 Å². The number of hydrogen-bond donors (Lipinski definition) is 1. The number of morpholine rings is 1. The van der Waals surface area contributed by atoms with Crippen molar-refractivity contribution in [2.75, 3.05) is 67.1 Å². The number of likely N-dealkylation sites (N-methyl/N-ethyl adjacent to an activating group) is 1. The van der Waals surface area contributed by atoms with Crippen molar-refractivity contribution in [1.29, 1.82) is 0 Å². The number of halogens is 1. The Kier molecular flexibility index (Phi) is 8.98. The van der Waals surface area contributed by atoms with Crippen LogP contribution < -0.4 is 5.32 Å². The van der Waals surface area contributed by atoms with Crippen LogP contribution in [0.2, 0.25) is 0 Å². The van der Waals surface area contributed by atoms with Gasteiger partial charge in [-0.2, -0.15) is 0 Å². The Hall–Kier alpha value is -0.940. The molecule has 0 radical (unpaired) electrons. The predicted octanol–water partition coefficient (Wildman–Crippen LogP) is 1.88. The van der Waals surface area contributed by atoms with Gasteiger partial charge < -0.3 is 24.6 Å².